The molecule has 1 aliphatic heterocycles. The number of hydrogen-bond donors (Lipinski definition) is 0. The van der Waals surface area contributed by atoms with E-state index >= 15 is 0 Å². The molecule has 0 radical (unpaired) electrons. The van der Waals surface area contributed by atoms with Gasteiger partial charge in [0.15, 0.2) is 0 Å². The van der Waals surface area contributed by atoms with Crippen LogP contribution < -0.4 is 0 Å². The summed E-state index contributed by atoms with van der Waals surface area (Å²) >= 11 is 0. The van der Waals surface area contributed by atoms with Gasteiger partial charge in [0.05, 0.1) is 15.0 Å². The lowest BCUT2D eigenvalue weighted by Crippen LogP contribution is -2.28. The van der Waals surface area contributed by atoms with E-state index in [1.165, 1.54) is 22.3 Å². The molecule has 2 atom stereocenters. The average molecular weight is 327 g/mol. The standard InChI is InChI=1S/C20H25NOS/c1-15-12-16(2)20(17(3)13-15)14-19-10-7-11-21-23(19,22)18-8-5-4-6-9-18/h4-6,8-9,12-13,19H,7,10-11,14H2,1-3H3/t19-,23+/m0/s1. The maximum atomic E-state index is 13.7. The van der Waals surface area contributed by atoms with Gasteiger partial charge < -0.3 is 0 Å². The molecule has 3 rings (SSSR count). The van der Waals surface area contributed by atoms with Gasteiger partial charge in [0, 0.05) is 11.4 Å². The molecule has 0 spiro atoms. The van der Waals surface area contributed by atoms with Crippen molar-refractivity contribution in [2.45, 2.75) is 50.2 Å². The molecule has 0 N–H and O–H groups in total. The maximum Gasteiger partial charge on any atom is 0.0784 e. The van der Waals surface area contributed by atoms with E-state index in [1.807, 2.05) is 30.3 Å². The Morgan fingerprint density at radius 3 is 2.39 bits per heavy atom. The van der Waals surface area contributed by atoms with Crippen molar-refractivity contribution in [1.29, 1.82) is 0 Å². The summed E-state index contributed by atoms with van der Waals surface area (Å²) < 4.78 is 18.3. The molecule has 2 aromatic carbocycles. The SMILES string of the molecule is Cc1cc(C)c(C[C@@H]2CCCN=[S@@]2(=O)c2ccccc2)c(C)c1. The molecule has 0 fully saturated rings. The Balaban J connectivity index is 2.01. The summed E-state index contributed by atoms with van der Waals surface area (Å²) in [6.45, 7) is 7.18. The molecule has 0 unspecified atom stereocenters. The highest BCUT2D eigenvalue weighted by Crippen LogP contribution is 2.30. The smallest absolute Gasteiger partial charge is 0.0784 e. The molecular weight excluding hydrogens is 302 g/mol. The minimum absolute atomic E-state index is 0.110. The van der Waals surface area contributed by atoms with E-state index in [0.29, 0.717) is 0 Å². The molecule has 0 amide bonds. The molecule has 1 heterocycles. The summed E-state index contributed by atoms with van der Waals surface area (Å²) in [5.74, 6) is 0. The van der Waals surface area contributed by atoms with Gasteiger partial charge in [-0.3, -0.25) is 0 Å². The first kappa shape index (κ1) is 16.3. The summed E-state index contributed by atoms with van der Waals surface area (Å²) in [6.07, 6.45) is 2.89. The third-order valence-electron chi connectivity index (χ3n) is 4.77. The van der Waals surface area contributed by atoms with Gasteiger partial charge in [0.1, 0.15) is 0 Å². The van der Waals surface area contributed by atoms with Gasteiger partial charge in [-0.25, -0.2) is 8.57 Å². The lowest BCUT2D eigenvalue weighted by molar-refractivity contribution is 0.610. The summed E-state index contributed by atoms with van der Waals surface area (Å²) in [6, 6.07) is 14.3. The van der Waals surface area contributed by atoms with Crippen LogP contribution in [0.15, 0.2) is 51.7 Å². The molecular formula is C20H25NOS. The second-order valence-corrected chi connectivity index (χ2v) is 9.11. The van der Waals surface area contributed by atoms with Crippen molar-refractivity contribution < 1.29 is 4.21 Å². The van der Waals surface area contributed by atoms with Crippen LogP contribution in [0.1, 0.15) is 35.1 Å². The third kappa shape index (κ3) is 3.20. The van der Waals surface area contributed by atoms with Crippen molar-refractivity contribution in [1.82, 2.24) is 0 Å². The first-order valence-electron chi connectivity index (χ1n) is 8.34. The van der Waals surface area contributed by atoms with Crippen molar-refractivity contribution >= 4 is 9.73 Å². The summed E-state index contributed by atoms with van der Waals surface area (Å²) in [4.78, 5) is 0.895. The lowest BCUT2D eigenvalue weighted by atomic mass is 9.95. The molecule has 0 aromatic heterocycles. The van der Waals surface area contributed by atoms with Gasteiger partial charge in [0.25, 0.3) is 0 Å². The van der Waals surface area contributed by atoms with Crippen LogP contribution in [0.2, 0.25) is 0 Å². The van der Waals surface area contributed by atoms with E-state index in [2.05, 4.69) is 37.3 Å². The Bertz CT molecular complexity index is 794. The van der Waals surface area contributed by atoms with E-state index in [-0.39, 0.29) is 5.25 Å². The second kappa shape index (κ2) is 6.48. The monoisotopic (exact) mass is 327 g/mol. The Labute approximate surface area is 140 Å². The zero-order valence-electron chi connectivity index (χ0n) is 14.2. The van der Waals surface area contributed by atoms with Crippen LogP contribution in [0.5, 0.6) is 0 Å². The van der Waals surface area contributed by atoms with E-state index < -0.39 is 9.73 Å². The predicted octanol–water partition coefficient (Wildman–Crippen LogP) is 4.84. The minimum Gasteiger partial charge on any atom is -0.244 e. The number of hydrogen-bond acceptors (Lipinski definition) is 2. The van der Waals surface area contributed by atoms with E-state index in [1.54, 1.807) is 0 Å². The van der Waals surface area contributed by atoms with Crippen molar-refractivity contribution in [2.24, 2.45) is 4.36 Å². The summed E-state index contributed by atoms with van der Waals surface area (Å²) in [7, 11) is -2.33. The Morgan fingerprint density at radius 2 is 1.74 bits per heavy atom. The fraction of sp³-hybridized carbons (Fsp3) is 0.400. The maximum absolute atomic E-state index is 13.7. The van der Waals surface area contributed by atoms with E-state index in [4.69, 9.17) is 0 Å². The number of aryl methyl sites for hydroxylation is 3. The van der Waals surface area contributed by atoms with Crippen molar-refractivity contribution in [3.05, 3.63) is 64.7 Å². The zero-order chi connectivity index (χ0) is 16.4. The Kier molecular flexibility index (Phi) is 4.58. The highest BCUT2D eigenvalue weighted by molar-refractivity contribution is 7.94. The fourth-order valence-corrected chi connectivity index (χ4v) is 6.21. The zero-order valence-corrected chi connectivity index (χ0v) is 15.0. The molecule has 2 nitrogen and oxygen atoms in total. The highest BCUT2D eigenvalue weighted by Gasteiger charge is 2.29. The van der Waals surface area contributed by atoms with Crippen LogP contribution >= 0.6 is 0 Å². The van der Waals surface area contributed by atoms with Crippen LogP contribution in [0.25, 0.3) is 0 Å². The van der Waals surface area contributed by atoms with Gasteiger partial charge in [0.2, 0.25) is 0 Å². The topological polar surface area (TPSA) is 29.4 Å². The van der Waals surface area contributed by atoms with Crippen molar-refractivity contribution in [2.75, 3.05) is 6.54 Å². The predicted molar refractivity (Wildman–Crippen MR) is 97.5 cm³/mol. The van der Waals surface area contributed by atoms with Crippen LogP contribution in [0.4, 0.5) is 0 Å². The Hall–Kier alpha value is -1.61. The van der Waals surface area contributed by atoms with Crippen LogP contribution in [0, 0.1) is 20.8 Å². The number of rotatable bonds is 3. The molecule has 0 aliphatic carbocycles. The largest absolute Gasteiger partial charge is 0.244 e. The normalized spacial score (nSPS) is 24.2. The average Bonchev–Trinajstić information content (AvgIpc) is 2.53. The number of nitrogens with zero attached hydrogens (tertiary/aromatic N) is 1. The van der Waals surface area contributed by atoms with Crippen molar-refractivity contribution in [3.8, 4) is 0 Å². The first-order valence-corrected chi connectivity index (χ1v) is 9.92. The lowest BCUT2D eigenvalue weighted by Gasteiger charge is -2.27. The highest BCUT2D eigenvalue weighted by atomic mass is 32.2. The molecule has 122 valence electrons. The molecule has 3 heteroatoms. The van der Waals surface area contributed by atoms with E-state index in [9.17, 15) is 4.21 Å². The van der Waals surface area contributed by atoms with Crippen LogP contribution in [-0.2, 0) is 16.1 Å². The van der Waals surface area contributed by atoms with Gasteiger partial charge >= 0.3 is 0 Å². The molecule has 1 aliphatic rings. The quantitative estimate of drug-likeness (QED) is 0.793. The molecule has 0 saturated heterocycles. The van der Waals surface area contributed by atoms with Crippen LogP contribution in [-0.4, -0.2) is 16.0 Å². The second-order valence-electron chi connectivity index (χ2n) is 6.58. The molecule has 2 aromatic rings. The van der Waals surface area contributed by atoms with Crippen molar-refractivity contribution in [3.63, 3.8) is 0 Å². The van der Waals surface area contributed by atoms with Crippen LogP contribution in [0.3, 0.4) is 0 Å². The van der Waals surface area contributed by atoms with Gasteiger partial charge in [-0.1, -0.05) is 35.9 Å². The number of benzene rings is 2. The third-order valence-corrected chi connectivity index (χ3v) is 7.59. The minimum atomic E-state index is -2.33. The first-order chi connectivity index (χ1) is 11.0. The Morgan fingerprint density at radius 1 is 1.09 bits per heavy atom. The van der Waals surface area contributed by atoms with Gasteiger partial charge in [-0.2, -0.15) is 0 Å². The summed E-state index contributed by atoms with van der Waals surface area (Å²) in [5.41, 5.74) is 5.26. The fourth-order valence-electron chi connectivity index (χ4n) is 3.64. The molecule has 0 bridgehead atoms. The van der Waals surface area contributed by atoms with Gasteiger partial charge in [-0.05, 0) is 68.9 Å². The van der Waals surface area contributed by atoms with E-state index in [0.717, 1.165) is 30.7 Å². The summed E-state index contributed by atoms with van der Waals surface area (Å²) in [5, 5.41) is 0.110. The van der Waals surface area contributed by atoms with Gasteiger partial charge in [-0.15, -0.1) is 0 Å². The molecule has 0 saturated carbocycles. The molecule has 23 heavy (non-hydrogen) atoms.